The Bertz CT molecular complexity index is 1920. The zero-order chi connectivity index (χ0) is 27.9. The van der Waals surface area contributed by atoms with Crippen molar-refractivity contribution in [2.45, 2.75) is 38.1 Å². The van der Waals surface area contributed by atoms with Gasteiger partial charge in [0.2, 0.25) is 0 Å². The van der Waals surface area contributed by atoms with Gasteiger partial charge >= 0.3 is 5.97 Å². The smallest absolute Gasteiger partial charge is 0.335 e. The third-order valence-electron chi connectivity index (χ3n) is 8.18. The van der Waals surface area contributed by atoms with Gasteiger partial charge in [0.25, 0.3) is 0 Å². The number of pyridine rings is 1. The summed E-state index contributed by atoms with van der Waals surface area (Å²) in [4.78, 5) is 21.3. The summed E-state index contributed by atoms with van der Waals surface area (Å²) in [5.41, 5.74) is 6.47. The van der Waals surface area contributed by atoms with Gasteiger partial charge in [-0.3, -0.25) is 0 Å². The van der Waals surface area contributed by atoms with E-state index in [2.05, 4.69) is 22.8 Å². The Labute approximate surface area is 236 Å². The number of carboxylic acid groups (broad SMARTS) is 1. The summed E-state index contributed by atoms with van der Waals surface area (Å²) in [6.07, 6.45) is 5.37. The van der Waals surface area contributed by atoms with Crippen LogP contribution in [0.5, 0.6) is 0 Å². The fourth-order valence-electron chi connectivity index (χ4n) is 6.17. The number of aromatic nitrogens is 3. The zero-order valence-corrected chi connectivity index (χ0v) is 22.4. The first-order valence-corrected chi connectivity index (χ1v) is 14.1. The highest BCUT2D eigenvalue weighted by molar-refractivity contribution is 5.94. The van der Waals surface area contributed by atoms with Gasteiger partial charge in [0.15, 0.2) is 0 Å². The van der Waals surface area contributed by atoms with Crippen molar-refractivity contribution in [3.05, 3.63) is 108 Å². The highest BCUT2D eigenvalue weighted by Crippen LogP contribution is 2.38. The molecule has 0 radical (unpaired) electrons. The van der Waals surface area contributed by atoms with Crippen LogP contribution >= 0.6 is 0 Å². The molecule has 0 bridgehead atoms. The minimum absolute atomic E-state index is 0.170. The van der Waals surface area contributed by atoms with Gasteiger partial charge in [-0.2, -0.15) is 0 Å². The van der Waals surface area contributed by atoms with Gasteiger partial charge in [-0.05, 0) is 54.3 Å². The number of hydrogen-bond donors (Lipinski definition) is 1. The predicted octanol–water partition coefficient (Wildman–Crippen LogP) is 8.93. The average Bonchev–Trinajstić information content (AvgIpc) is 3.40. The number of nitrogens with zero attached hydrogens (tertiary/aromatic N) is 3. The van der Waals surface area contributed by atoms with E-state index in [4.69, 9.17) is 9.97 Å². The van der Waals surface area contributed by atoms with Crippen LogP contribution in [0.4, 0.5) is 4.39 Å². The second kappa shape index (κ2) is 10.3. The lowest BCUT2D eigenvalue weighted by Crippen LogP contribution is -2.14. The molecule has 4 aromatic carbocycles. The maximum Gasteiger partial charge on any atom is 0.335 e. The van der Waals surface area contributed by atoms with Crippen LogP contribution in [0.3, 0.4) is 0 Å². The van der Waals surface area contributed by atoms with Crippen molar-refractivity contribution in [3.63, 3.8) is 0 Å². The van der Waals surface area contributed by atoms with Crippen molar-refractivity contribution >= 4 is 27.9 Å². The topological polar surface area (TPSA) is 68.0 Å². The van der Waals surface area contributed by atoms with E-state index in [-0.39, 0.29) is 11.6 Å². The van der Waals surface area contributed by atoms with Crippen molar-refractivity contribution in [1.29, 1.82) is 0 Å². The van der Waals surface area contributed by atoms with Crippen molar-refractivity contribution in [2.24, 2.45) is 0 Å². The molecule has 41 heavy (non-hydrogen) atoms. The quantitative estimate of drug-likeness (QED) is 0.237. The number of benzene rings is 4. The normalized spacial score (nSPS) is 14.1. The van der Waals surface area contributed by atoms with Gasteiger partial charge < -0.3 is 9.67 Å². The standard InChI is InChI=1S/C35H28FN3O2/c36-29-21-31-23(15-17-30(37-31)27-14-8-7-13-26(27)22-9-3-1-4-10-22)19-28(29)34-38-32-20-24(35(40)41)16-18-33(32)39(34)25-11-5-2-6-12-25/h1,3-4,7-10,13-21,25H,2,5-6,11-12H2,(H,40,41). The van der Waals surface area contributed by atoms with Gasteiger partial charge in [0.05, 0.1) is 33.4 Å². The van der Waals surface area contributed by atoms with Crippen LogP contribution in [0.15, 0.2) is 97.1 Å². The van der Waals surface area contributed by atoms with Crippen molar-refractivity contribution in [3.8, 4) is 33.8 Å². The second-order valence-electron chi connectivity index (χ2n) is 10.7. The molecule has 202 valence electrons. The molecule has 0 aliphatic heterocycles. The monoisotopic (exact) mass is 541 g/mol. The fourth-order valence-corrected chi connectivity index (χ4v) is 6.17. The van der Waals surface area contributed by atoms with Crippen LogP contribution in [0, 0.1) is 5.82 Å². The second-order valence-corrected chi connectivity index (χ2v) is 10.7. The van der Waals surface area contributed by atoms with E-state index in [1.807, 2.05) is 54.6 Å². The Hall–Kier alpha value is -4.84. The zero-order valence-electron chi connectivity index (χ0n) is 22.4. The predicted molar refractivity (Wildman–Crippen MR) is 160 cm³/mol. The van der Waals surface area contributed by atoms with Gasteiger partial charge in [-0.15, -0.1) is 0 Å². The Kier molecular flexibility index (Phi) is 6.31. The lowest BCUT2D eigenvalue weighted by molar-refractivity contribution is 0.0697. The van der Waals surface area contributed by atoms with Crippen molar-refractivity contribution in [2.75, 3.05) is 0 Å². The molecule has 5 nitrogen and oxygen atoms in total. The molecular formula is C35H28FN3O2. The molecule has 0 spiro atoms. The number of halogens is 1. The number of imidazole rings is 1. The Morgan fingerprint density at radius 2 is 1.51 bits per heavy atom. The number of carboxylic acids is 1. The van der Waals surface area contributed by atoms with E-state index in [1.165, 1.54) is 12.5 Å². The minimum Gasteiger partial charge on any atom is -0.478 e. The van der Waals surface area contributed by atoms with Crippen LogP contribution < -0.4 is 0 Å². The molecule has 6 aromatic rings. The van der Waals surface area contributed by atoms with E-state index in [9.17, 15) is 9.90 Å². The summed E-state index contributed by atoms with van der Waals surface area (Å²) in [7, 11) is 0. The summed E-state index contributed by atoms with van der Waals surface area (Å²) in [6, 6.07) is 30.7. The lowest BCUT2D eigenvalue weighted by atomic mass is 9.94. The van der Waals surface area contributed by atoms with Crippen LogP contribution in [-0.2, 0) is 0 Å². The molecule has 1 fully saturated rings. The number of hydrogen-bond acceptors (Lipinski definition) is 3. The van der Waals surface area contributed by atoms with E-state index in [0.717, 1.165) is 59.0 Å². The lowest BCUT2D eigenvalue weighted by Gasteiger charge is -2.26. The summed E-state index contributed by atoms with van der Waals surface area (Å²) in [5, 5.41) is 10.3. The third-order valence-corrected chi connectivity index (χ3v) is 8.18. The van der Waals surface area contributed by atoms with Gasteiger partial charge in [-0.25, -0.2) is 19.2 Å². The van der Waals surface area contributed by atoms with Gasteiger partial charge in [0, 0.05) is 23.1 Å². The van der Waals surface area contributed by atoms with Crippen molar-refractivity contribution < 1.29 is 14.3 Å². The largest absolute Gasteiger partial charge is 0.478 e. The van der Waals surface area contributed by atoms with Crippen LogP contribution in [0.1, 0.15) is 48.5 Å². The Balaban J connectivity index is 1.36. The molecule has 0 amide bonds. The Morgan fingerprint density at radius 3 is 2.29 bits per heavy atom. The molecule has 1 aliphatic rings. The highest BCUT2D eigenvalue weighted by Gasteiger charge is 2.25. The molecule has 6 heteroatoms. The van der Waals surface area contributed by atoms with E-state index >= 15 is 4.39 Å². The summed E-state index contributed by atoms with van der Waals surface area (Å²) in [6.45, 7) is 0. The molecule has 2 aromatic heterocycles. The minimum atomic E-state index is -1.01. The number of aromatic carboxylic acids is 1. The van der Waals surface area contributed by atoms with Crippen LogP contribution in [0.2, 0.25) is 0 Å². The van der Waals surface area contributed by atoms with Crippen LogP contribution in [0.25, 0.3) is 55.7 Å². The van der Waals surface area contributed by atoms with Gasteiger partial charge in [0.1, 0.15) is 11.6 Å². The first kappa shape index (κ1) is 25.1. The molecular weight excluding hydrogens is 513 g/mol. The van der Waals surface area contributed by atoms with E-state index < -0.39 is 11.8 Å². The number of fused-ring (bicyclic) bond motifs is 2. The molecule has 1 aliphatic carbocycles. The molecule has 0 atom stereocenters. The molecule has 1 N–H and O–H groups in total. The molecule has 0 saturated heterocycles. The first-order chi connectivity index (χ1) is 20.1. The average molecular weight is 542 g/mol. The molecule has 0 unspecified atom stereocenters. The molecule has 2 heterocycles. The summed E-state index contributed by atoms with van der Waals surface area (Å²) < 4.78 is 18.1. The van der Waals surface area contributed by atoms with Crippen molar-refractivity contribution in [1.82, 2.24) is 14.5 Å². The summed E-state index contributed by atoms with van der Waals surface area (Å²) in [5.74, 6) is -0.870. The van der Waals surface area contributed by atoms with E-state index in [1.54, 1.807) is 18.2 Å². The summed E-state index contributed by atoms with van der Waals surface area (Å²) >= 11 is 0. The van der Waals surface area contributed by atoms with E-state index in [0.29, 0.717) is 22.4 Å². The molecule has 1 saturated carbocycles. The number of rotatable bonds is 5. The number of carbonyl (C=O) groups is 1. The maximum atomic E-state index is 16.0. The molecule has 7 rings (SSSR count). The highest BCUT2D eigenvalue weighted by atomic mass is 19.1. The van der Waals surface area contributed by atoms with Crippen LogP contribution in [-0.4, -0.2) is 25.6 Å². The van der Waals surface area contributed by atoms with Gasteiger partial charge in [-0.1, -0.05) is 79.9 Å². The first-order valence-electron chi connectivity index (χ1n) is 14.1. The Morgan fingerprint density at radius 1 is 0.756 bits per heavy atom. The SMILES string of the molecule is O=C(O)c1ccc2c(c1)nc(-c1cc3ccc(-c4ccccc4-c4ccccc4)nc3cc1F)n2C1CCCCC1. The third kappa shape index (κ3) is 4.55. The fraction of sp³-hybridized carbons (Fsp3) is 0.171. The maximum absolute atomic E-state index is 16.0.